The zero-order valence-corrected chi connectivity index (χ0v) is 13.0. The van der Waals surface area contributed by atoms with Crippen molar-refractivity contribution in [1.82, 2.24) is 9.88 Å². The SMILES string of the molecule is CCc1ccc(C(=O)C(C)N(C)Cc2cscn2)cc1. The lowest BCUT2D eigenvalue weighted by Crippen LogP contribution is -2.35. The number of nitrogens with zero attached hydrogens (tertiary/aromatic N) is 2. The summed E-state index contributed by atoms with van der Waals surface area (Å²) in [5, 5.41) is 2.02. The van der Waals surface area contributed by atoms with Crippen molar-refractivity contribution in [3.63, 3.8) is 0 Å². The maximum absolute atomic E-state index is 12.5. The van der Waals surface area contributed by atoms with E-state index in [0.717, 1.165) is 17.7 Å². The summed E-state index contributed by atoms with van der Waals surface area (Å²) in [6, 6.07) is 7.76. The first-order chi connectivity index (χ1) is 9.61. The zero-order chi connectivity index (χ0) is 14.5. The third-order valence-corrected chi connectivity index (χ3v) is 4.22. The quantitative estimate of drug-likeness (QED) is 0.764. The Morgan fingerprint density at radius 3 is 2.60 bits per heavy atom. The molecule has 1 aromatic carbocycles. The molecule has 0 radical (unpaired) electrons. The lowest BCUT2D eigenvalue weighted by Gasteiger charge is -2.22. The lowest BCUT2D eigenvalue weighted by atomic mass is 10.0. The lowest BCUT2D eigenvalue weighted by molar-refractivity contribution is 0.0861. The molecule has 0 bridgehead atoms. The van der Waals surface area contributed by atoms with Gasteiger partial charge in [0.2, 0.25) is 0 Å². The standard InChI is InChI=1S/C16H20N2OS/c1-4-13-5-7-14(8-6-13)16(19)12(2)18(3)9-15-10-20-11-17-15/h5-8,10-12H,4,9H2,1-3H3. The fourth-order valence-electron chi connectivity index (χ4n) is 2.05. The molecule has 4 heteroatoms. The second-order valence-electron chi connectivity index (χ2n) is 4.99. The molecule has 1 aromatic heterocycles. The number of aromatic nitrogens is 1. The van der Waals surface area contributed by atoms with Gasteiger partial charge in [-0.3, -0.25) is 9.69 Å². The van der Waals surface area contributed by atoms with Crippen molar-refractivity contribution < 1.29 is 4.79 Å². The molecule has 0 aliphatic heterocycles. The Bertz CT molecular complexity index is 548. The summed E-state index contributed by atoms with van der Waals surface area (Å²) in [6.07, 6.45) is 0.994. The van der Waals surface area contributed by atoms with E-state index in [9.17, 15) is 4.79 Å². The van der Waals surface area contributed by atoms with Crippen LogP contribution < -0.4 is 0 Å². The number of aryl methyl sites for hydroxylation is 1. The Labute approximate surface area is 124 Å². The van der Waals surface area contributed by atoms with Gasteiger partial charge in [-0.15, -0.1) is 11.3 Å². The van der Waals surface area contributed by atoms with Gasteiger partial charge in [0, 0.05) is 17.5 Å². The number of rotatable bonds is 6. The molecule has 20 heavy (non-hydrogen) atoms. The highest BCUT2D eigenvalue weighted by Crippen LogP contribution is 2.13. The summed E-state index contributed by atoms with van der Waals surface area (Å²) in [6.45, 7) is 4.76. The number of carbonyl (C=O) groups excluding carboxylic acids is 1. The predicted molar refractivity (Wildman–Crippen MR) is 83.2 cm³/mol. The van der Waals surface area contributed by atoms with E-state index in [2.05, 4.69) is 11.9 Å². The van der Waals surface area contributed by atoms with Gasteiger partial charge in [-0.25, -0.2) is 4.98 Å². The molecular weight excluding hydrogens is 268 g/mol. The van der Waals surface area contributed by atoms with E-state index in [0.29, 0.717) is 6.54 Å². The number of benzene rings is 1. The van der Waals surface area contributed by atoms with E-state index in [1.807, 2.05) is 54.0 Å². The van der Waals surface area contributed by atoms with Crippen LogP contribution in [-0.2, 0) is 13.0 Å². The van der Waals surface area contributed by atoms with E-state index in [4.69, 9.17) is 0 Å². The van der Waals surface area contributed by atoms with Crippen molar-refractivity contribution in [3.8, 4) is 0 Å². The van der Waals surface area contributed by atoms with Gasteiger partial charge >= 0.3 is 0 Å². The summed E-state index contributed by atoms with van der Waals surface area (Å²) in [4.78, 5) is 18.7. The number of thiazole rings is 1. The van der Waals surface area contributed by atoms with Gasteiger partial charge < -0.3 is 0 Å². The summed E-state index contributed by atoms with van der Waals surface area (Å²) < 4.78 is 0. The number of hydrogen-bond donors (Lipinski definition) is 0. The highest BCUT2D eigenvalue weighted by atomic mass is 32.1. The molecule has 1 heterocycles. The Balaban J connectivity index is 2.03. The van der Waals surface area contributed by atoms with Crippen LogP contribution in [0.15, 0.2) is 35.2 Å². The Hall–Kier alpha value is -1.52. The predicted octanol–water partition coefficient (Wildman–Crippen LogP) is 3.41. The smallest absolute Gasteiger partial charge is 0.179 e. The van der Waals surface area contributed by atoms with E-state index < -0.39 is 0 Å². The highest BCUT2D eigenvalue weighted by molar-refractivity contribution is 7.07. The van der Waals surface area contributed by atoms with Crippen LogP contribution in [0.5, 0.6) is 0 Å². The maximum Gasteiger partial charge on any atom is 0.179 e. The van der Waals surface area contributed by atoms with Crippen LogP contribution in [0.25, 0.3) is 0 Å². The Morgan fingerprint density at radius 2 is 2.05 bits per heavy atom. The molecule has 0 aliphatic carbocycles. The molecule has 0 N–H and O–H groups in total. The van der Waals surface area contributed by atoms with Crippen LogP contribution in [0.4, 0.5) is 0 Å². The van der Waals surface area contributed by atoms with Gasteiger partial charge in [0.25, 0.3) is 0 Å². The molecule has 0 fully saturated rings. The minimum atomic E-state index is -0.149. The van der Waals surface area contributed by atoms with Crippen molar-refractivity contribution in [2.75, 3.05) is 7.05 Å². The first kappa shape index (κ1) is 14.9. The number of ketones is 1. The molecule has 1 unspecified atom stereocenters. The molecule has 0 amide bonds. The molecule has 0 aliphatic rings. The maximum atomic E-state index is 12.5. The molecule has 0 spiro atoms. The van der Waals surface area contributed by atoms with Crippen molar-refractivity contribution >= 4 is 17.1 Å². The zero-order valence-electron chi connectivity index (χ0n) is 12.2. The molecule has 2 rings (SSSR count). The molecule has 0 saturated heterocycles. The first-order valence-corrected chi connectivity index (χ1v) is 7.76. The van der Waals surface area contributed by atoms with Crippen LogP contribution in [-0.4, -0.2) is 28.8 Å². The third kappa shape index (κ3) is 3.52. The molecule has 106 valence electrons. The average Bonchev–Trinajstić information content (AvgIpc) is 2.98. The summed E-state index contributed by atoms with van der Waals surface area (Å²) in [7, 11) is 1.96. The van der Waals surface area contributed by atoms with Crippen LogP contribution in [0, 0.1) is 0 Å². The van der Waals surface area contributed by atoms with Crippen LogP contribution in [0.1, 0.15) is 35.5 Å². The van der Waals surface area contributed by atoms with E-state index in [1.54, 1.807) is 11.3 Å². The first-order valence-electron chi connectivity index (χ1n) is 6.82. The second kappa shape index (κ2) is 6.77. The van der Waals surface area contributed by atoms with E-state index >= 15 is 0 Å². The Kier molecular flexibility index (Phi) is 5.04. The summed E-state index contributed by atoms with van der Waals surface area (Å²) >= 11 is 1.58. The highest BCUT2D eigenvalue weighted by Gasteiger charge is 2.20. The van der Waals surface area contributed by atoms with Gasteiger partial charge in [0.15, 0.2) is 5.78 Å². The fraction of sp³-hybridized carbons (Fsp3) is 0.375. The number of likely N-dealkylation sites (N-methyl/N-ethyl adjacent to an activating group) is 1. The third-order valence-electron chi connectivity index (χ3n) is 3.58. The number of hydrogen-bond acceptors (Lipinski definition) is 4. The number of carbonyl (C=O) groups is 1. The molecular formula is C16H20N2OS. The average molecular weight is 288 g/mol. The van der Waals surface area contributed by atoms with Gasteiger partial charge in [0.1, 0.15) is 0 Å². The minimum absolute atomic E-state index is 0.149. The summed E-state index contributed by atoms with van der Waals surface area (Å²) in [5.41, 5.74) is 4.86. The topological polar surface area (TPSA) is 33.2 Å². The summed E-state index contributed by atoms with van der Waals surface area (Å²) in [5.74, 6) is 0.158. The monoisotopic (exact) mass is 288 g/mol. The van der Waals surface area contributed by atoms with Gasteiger partial charge in [0.05, 0.1) is 17.2 Å². The van der Waals surface area contributed by atoms with Gasteiger partial charge in [-0.2, -0.15) is 0 Å². The van der Waals surface area contributed by atoms with E-state index in [1.165, 1.54) is 5.56 Å². The van der Waals surface area contributed by atoms with Crippen molar-refractivity contribution in [2.45, 2.75) is 32.9 Å². The van der Waals surface area contributed by atoms with Crippen molar-refractivity contribution in [2.24, 2.45) is 0 Å². The fourth-order valence-corrected chi connectivity index (χ4v) is 2.60. The molecule has 0 saturated carbocycles. The number of Topliss-reactive ketones (excluding diaryl/α,β-unsaturated/α-hetero) is 1. The Morgan fingerprint density at radius 1 is 1.35 bits per heavy atom. The van der Waals surface area contributed by atoms with Gasteiger partial charge in [-0.1, -0.05) is 31.2 Å². The largest absolute Gasteiger partial charge is 0.292 e. The second-order valence-corrected chi connectivity index (χ2v) is 5.70. The van der Waals surface area contributed by atoms with Crippen molar-refractivity contribution in [3.05, 3.63) is 52.0 Å². The molecule has 2 aromatic rings. The van der Waals surface area contributed by atoms with E-state index in [-0.39, 0.29) is 11.8 Å². The normalized spacial score (nSPS) is 12.6. The minimum Gasteiger partial charge on any atom is -0.292 e. The van der Waals surface area contributed by atoms with Crippen molar-refractivity contribution in [1.29, 1.82) is 0 Å². The van der Waals surface area contributed by atoms with Crippen LogP contribution >= 0.6 is 11.3 Å². The molecule has 3 nitrogen and oxygen atoms in total. The van der Waals surface area contributed by atoms with Gasteiger partial charge in [-0.05, 0) is 26.0 Å². The molecule has 1 atom stereocenters. The van der Waals surface area contributed by atoms with Crippen LogP contribution in [0.2, 0.25) is 0 Å². The van der Waals surface area contributed by atoms with Crippen LogP contribution in [0.3, 0.4) is 0 Å².